The Bertz CT molecular complexity index is 655. The van der Waals surface area contributed by atoms with E-state index in [0.717, 1.165) is 76.8 Å². The molecule has 7 heteroatoms. The zero-order valence-electron chi connectivity index (χ0n) is 17.5. The highest BCUT2D eigenvalue weighted by Crippen LogP contribution is 2.18. The fourth-order valence-corrected chi connectivity index (χ4v) is 4.59. The molecule has 1 amide bonds. The number of guanidine groups is 1. The molecule has 0 unspecified atom stereocenters. The second kappa shape index (κ2) is 10.1. The lowest BCUT2D eigenvalue weighted by Gasteiger charge is -2.37. The number of piperazine rings is 1. The molecule has 0 radical (unpaired) electrons. The van der Waals surface area contributed by atoms with Gasteiger partial charge in [-0.2, -0.15) is 0 Å². The van der Waals surface area contributed by atoms with E-state index >= 15 is 0 Å². The summed E-state index contributed by atoms with van der Waals surface area (Å²) in [5.41, 5.74) is 0. The van der Waals surface area contributed by atoms with Crippen LogP contribution < -0.4 is 5.32 Å². The van der Waals surface area contributed by atoms with Gasteiger partial charge in [0.25, 0.3) is 0 Å². The molecule has 0 bridgehead atoms. The van der Waals surface area contributed by atoms with Crippen molar-refractivity contribution < 1.29 is 9.21 Å². The van der Waals surface area contributed by atoms with Gasteiger partial charge < -0.3 is 19.5 Å². The quantitative estimate of drug-likeness (QED) is 0.583. The van der Waals surface area contributed by atoms with E-state index in [0.29, 0.717) is 18.5 Å². The van der Waals surface area contributed by atoms with Crippen molar-refractivity contribution in [2.45, 2.75) is 51.0 Å². The van der Waals surface area contributed by atoms with Gasteiger partial charge in [-0.1, -0.05) is 12.8 Å². The summed E-state index contributed by atoms with van der Waals surface area (Å²) in [6.45, 7) is 6.86. The van der Waals surface area contributed by atoms with Gasteiger partial charge >= 0.3 is 0 Å². The Labute approximate surface area is 174 Å². The van der Waals surface area contributed by atoms with Crippen LogP contribution in [-0.4, -0.2) is 85.0 Å². The Morgan fingerprint density at radius 1 is 1.03 bits per heavy atom. The number of rotatable bonds is 6. The molecule has 1 aliphatic carbocycles. The predicted molar refractivity (Wildman–Crippen MR) is 114 cm³/mol. The molecule has 1 aromatic heterocycles. The average Bonchev–Trinajstić information content (AvgIpc) is 3.50. The maximum Gasteiger partial charge on any atom is 0.236 e. The van der Waals surface area contributed by atoms with Gasteiger partial charge in [-0.25, -0.2) is 0 Å². The van der Waals surface area contributed by atoms with Crippen LogP contribution in [0.4, 0.5) is 0 Å². The fourth-order valence-electron chi connectivity index (χ4n) is 4.59. The van der Waals surface area contributed by atoms with Crippen LogP contribution in [0.2, 0.25) is 0 Å². The van der Waals surface area contributed by atoms with Crippen LogP contribution in [0.3, 0.4) is 0 Å². The van der Waals surface area contributed by atoms with E-state index in [1.165, 1.54) is 25.7 Å². The Hall–Kier alpha value is -2.02. The van der Waals surface area contributed by atoms with E-state index in [-0.39, 0.29) is 0 Å². The van der Waals surface area contributed by atoms with E-state index in [4.69, 9.17) is 9.41 Å². The zero-order valence-corrected chi connectivity index (χ0v) is 17.5. The molecule has 2 aliphatic heterocycles. The first-order valence-corrected chi connectivity index (χ1v) is 11.4. The summed E-state index contributed by atoms with van der Waals surface area (Å²) < 4.78 is 5.44. The van der Waals surface area contributed by atoms with Gasteiger partial charge in [-0.15, -0.1) is 0 Å². The lowest BCUT2D eigenvalue weighted by Crippen LogP contribution is -2.55. The molecule has 7 nitrogen and oxygen atoms in total. The molecule has 160 valence electrons. The molecule has 3 fully saturated rings. The van der Waals surface area contributed by atoms with Crippen molar-refractivity contribution in [1.29, 1.82) is 0 Å². The Morgan fingerprint density at radius 2 is 1.79 bits per heavy atom. The molecule has 1 aromatic rings. The first-order chi connectivity index (χ1) is 14.3. The summed E-state index contributed by atoms with van der Waals surface area (Å²) in [7, 11) is 0. The van der Waals surface area contributed by atoms with Crippen LogP contribution in [-0.2, 0) is 11.2 Å². The number of carbonyl (C=O) groups excluding carboxylic acids is 1. The third kappa shape index (κ3) is 5.75. The van der Waals surface area contributed by atoms with Gasteiger partial charge in [0, 0.05) is 58.3 Å². The lowest BCUT2D eigenvalue weighted by molar-refractivity contribution is -0.131. The number of furan rings is 1. The molecular weight excluding hydrogens is 366 g/mol. The second-order valence-corrected chi connectivity index (χ2v) is 8.51. The molecule has 1 N–H and O–H groups in total. The number of likely N-dealkylation sites (tertiary alicyclic amines) is 1. The van der Waals surface area contributed by atoms with Crippen LogP contribution in [0, 0.1) is 0 Å². The monoisotopic (exact) mass is 401 g/mol. The number of aliphatic imine (C=N–C) groups is 1. The number of amides is 1. The van der Waals surface area contributed by atoms with Gasteiger partial charge in [0.15, 0.2) is 5.96 Å². The smallest absolute Gasteiger partial charge is 0.236 e. The summed E-state index contributed by atoms with van der Waals surface area (Å²) in [4.78, 5) is 24.0. The number of hydrogen-bond donors (Lipinski definition) is 1. The molecular formula is C22H35N5O2. The maximum absolute atomic E-state index is 12.4. The third-order valence-electron chi connectivity index (χ3n) is 6.38. The molecule has 0 atom stereocenters. The van der Waals surface area contributed by atoms with Crippen molar-refractivity contribution in [3.63, 3.8) is 0 Å². The highest BCUT2D eigenvalue weighted by molar-refractivity contribution is 5.81. The van der Waals surface area contributed by atoms with E-state index in [2.05, 4.69) is 15.1 Å². The van der Waals surface area contributed by atoms with E-state index < -0.39 is 0 Å². The van der Waals surface area contributed by atoms with Crippen molar-refractivity contribution in [3.8, 4) is 0 Å². The first-order valence-electron chi connectivity index (χ1n) is 11.4. The molecule has 29 heavy (non-hydrogen) atoms. The minimum atomic E-state index is 0.298. The number of nitrogens with one attached hydrogen (secondary N) is 1. The van der Waals surface area contributed by atoms with Gasteiger partial charge in [-0.3, -0.25) is 14.7 Å². The third-order valence-corrected chi connectivity index (χ3v) is 6.38. The zero-order chi connectivity index (χ0) is 19.9. The highest BCUT2D eigenvalue weighted by atomic mass is 16.3. The largest absolute Gasteiger partial charge is 0.469 e. The van der Waals surface area contributed by atoms with Gasteiger partial charge in [0.05, 0.1) is 12.8 Å². The summed E-state index contributed by atoms with van der Waals surface area (Å²) >= 11 is 0. The van der Waals surface area contributed by atoms with Crippen molar-refractivity contribution in [2.24, 2.45) is 4.99 Å². The molecule has 4 rings (SSSR count). The average molecular weight is 402 g/mol. The van der Waals surface area contributed by atoms with Crippen LogP contribution in [0.5, 0.6) is 0 Å². The molecule has 3 heterocycles. The van der Waals surface area contributed by atoms with Crippen molar-refractivity contribution in [2.75, 3.05) is 52.4 Å². The van der Waals surface area contributed by atoms with Crippen molar-refractivity contribution in [3.05, 3.63) is 24.2 Å². The molecule has 2 saturated heterocycles. The second-order valence-electron chi connectivity index (χ2n) is 8.51. The minimum absolute atomic E-state index is 0.298. The number of nitrogens with zero attached hydrogens (tertiary/aromatic N) is 4. The topological polar surface area (TPSA) is 64.3 Å². The minimum Gasteiger partial charge on any atom is -0.469 e. The molecule has 1 saturated carbocycles. The molecule has 0 aromatic carbocycles. The van der Waals surface area contributed by atoms with E-state index in [9.17, 15) is 4.79 Å². The summed E-state index contributed by atoms with van der Waals surface area (Å²) in [5, 5.41) is 3.72. The van der Waals surface area contributed by atoms with Crippen LogP contribution in [0.15, 0.2) is 27.8 Å². The van der Waals surface area contributed by atoms with Gasteiger partial charge in [0.2, 0.25) is 5.91 Å². The highest BCUT2D eigenvalue weighted by Gasteiger charge is 2.26. The summed E-state index contributed by atoms with van der Waals surface area (Å²) in [5.74, 6) is 2.32. The Morgan fingerprint density at radius 3 is 2.48 bits per heavy atom. The van der Waals surface area contributed by atoms with Gasteiger partial charge in [0.1, 0.15) is 5.76 Å². The van der Waals surface area contributed by atoms with Crippen LogP contribution in [0.1, 0.15) is 44.3 Å². The lowest BCUT2D eigenvalue weighted by atomic mass is 10.2. The van der Waals surface area contributed by atoms with Crippen LogP contribution >= 0.6 is 0 Å². The normalized spacial score (nSPS) is 21.9. The molecule has 0 spiro atoms. The number of carbonyl (C=O) groups is 1. The fraction of sp³-hybridized carbons (Fsp3) is 0.727. The summed E-state index contributed by atoms with van der Waals surface area (Å²) in [6.07, 6.45) is 9.96. The van der Waals surface area contributed by atoms with Crippen molar-refractivity contribution in [1.82, 2.24) is 20.0 Å². The Kier molecular flexibility index (Phi) is 7.09. The maximum atomic E-state index is 12.4. The van der Waals surface area contributed by atoms with E-state index in [1.54, 1.807) is 6.26 Å². The van der Waals surface area contributed by atoms with Crippen LogP contribution in [0.25, 0.3) is 0 Å². The van der Waals surface area contributed by atoms with Gasteiger partial charge in [-0.05, 0) is 37.8 Å². The summed E-state index contributed by atoms with van der Waals surface area (Å²) in [6, 6.07) is 4.49. The van der Waals surface area contributed by atoms with E-state index in [1.807, 2.05) is 17.0 Å². The molecule has 3 aliphatic rings. The number of hydrogen-bond acceptors (Lipinski definition) is 4. The Balaban J connectivity index is 1.29. The predicted octanol–water partition coefficient (Wildman–Crippen LogP) is 1.95. The first kappa shape index (κ1) is 20.3. The standard InChI is InChI=1S/C22H35N5O2/c28-21(26-11-3-4-12-26)18-25-13-15-27(16-14-25)22(24-19-6-1-2-7-19)23-10-9-20-8-5-17-29-20/h5,8,17,19H,1-4,6-7,9-16,18H2,(H,23,24). The SMILES string of the molecule is O=C(CN1CCN(C(=NCCc2ccco2)NC2CCCC2)CC1)N1CCCC1. The van der Waals surface area contributed by atoms with Crippen molar-refractivity contribution >= 4 is 11.9 Å².